The Morgan fingerprint density at radius 3 is 2.84 bits per heavy atom. The van der Waals surface area contributed by atoms with E-state index < -0.39 is 11.1 Å². The average molecular weight is 419 g/mol. The molecule has 3 heterocycles. The number of nitrogens with zero attached hydrogens (tertiary/aromatic N) is 4. The molecule has 2 aromatic heterocycles. The molecule has 10 nitrogen and oxygen atoms in total. The van der Waals surface area contributed by atoms with Crippen LogP contribution in [-0.2, 0) is 4.74 Å². The molecular formula is C21H21N7O3. The van der Waals surface area contributed by atoms with Crippen molar-refractivity contribution >= 4 is 28.5 Å². The van der Waals surface area contributed by atoms with Crippen LogP contribution in [0.1, 0.15) is 40.1 Å². The van der Waals surface area contributed by atoms with Gasteiger partial charge >= 0.3 is 0 Å². The Morgan fingerprint density at radius 2 is 2.03 bits per heavy atom. The molecule has 31 heavy (non-hydrogen) atoms. The number of hydrogen-bond acceptors (Lipinski definition) is 8. The summed E-state index contributed by atoms with van der Waals surface area (Å²) in [6.45, 7) is 0.733. The van der Waals surface area contributed by atoms with Crippen LogP contribution in [0.2, 0.25) is 0 Å². The highest BCUT2D eigenvalue weighted by molar-refractivity contribution is 5.98. The van der Waals surface area contributed by atoms with Gasteiger partial charge in [0, 0.05) is 30.1 Å². The van der Waals surface area contributed by atoms with Crippen LogP contribution in [0.4, 0.5) is 5.82 Å². The first-order valence-electron chi connectivity index (χ1n) is 9.98. The molecule has 1 aromatic carbocycles. The zero-order chi connectivity index (χ0) is 21.5. The Labute approximate surface area is 177 Å². The fourth-order valence-corrected chi connectivity index (χ4v) is 4.40. The molecule has 0 radical (unpaired) electrons. The second-order valence-electron chi connectivity index (χ2n) is 8.19. The molecule has 1 aliphatic carbocycles. The number of anilines is 1. The third-order valence-corrected chi connectivity index (χ3v) is 5.98. The second-order valence-corrected chi connectivity index (χ2v) is 8.19. The Bertz CT molecular complexity index is 1170. The van der Waals surface area contributed by atoms with Gasteiger partial charge in [0.2, 0.25) is 0 Å². The molecule has 2 unspecified atom stereocenters. The van der Waals surface area contributed by atoms with Crippen molar-refractivity contribution in [1.29, 1.82) is 0 Å². The number of nitrogen functional groups attached to an aromatic ring is 1. The monoisotopic (exact) mass is 419 g/mol. The standard InChI is InChI=1S/C21H21N7O3/c22-17-8-23-7-16(27-17)19(30)25-10-21-4-3-20(9-21,11-31-21)28-18(29)13-1-2-15-14(5-13)6-24-12-26-15/h1-2,5-8,12H,3-4,9-11H2,(H2,22,27)(H,25,30)(H,28,29). The van der Waals surface area contributed by atoms with Gasteiger partial charge in [0.05, 0.1) is 35.7 Å². The molecular weight excluding hydrogens is 398 g/mol. The van der Waals surface area contributed by atoms with Crippen LogP contribution < -0.4 is 16.4 Å². The minimum absolute atomic E-state index is 0.159. The highest BCUT2D eigenvalue weighted by Gasteiger charge is 2.56. The van der Waals surface area contributed by atoms with E-state index in [1.165, 1.54) is 18.7 Å². The predicted octanol–water partition coefficient (Wildman–Crippen LogP) is 0.854. The fourth-order valence-electron chi connectivity index (χ4n) is 4.40. The van der Waals surface area contributed by atoms with Gasteiger partial charge in [-0.3, -0.25) is 14.6 Å². The number of nitrogens with one attached hydrogen (secondary N) is 2. The Morgan fingerprint density at radius 1 is 1.13 bits per heavy atom. The van der Waals surface area contributed by atoms with Crippen LogP contribution in [0.5, 0.6) is 0 Å². The summed E-state index contributed by atoms with van der Waals surface area (Å²) in [6.07, 6.45) is 8.06. The molecule has 1 saturated carbocycles. The molecule has 5 rings (SSSR count). The highest BCUT2D eigenvalue weighted by atomic mass is 16.5. The van der Waals surface area contributed by atoms with Crippen molar-refractivity contribution in [2.75, 3.05) is 18.9 Å². The van der Waals surface area contributed by atoms with E-state index in [-0.39, 0.29) is 23.3 Å². The molecule has 2 amide bonds. The van der Waals surface area contributed by atoms with Crippen LogP contribution in [0.25, 0.3) is 10.9 Å². The van der Waals surface area contributed by atoms with Gasteiger partial charge in [-0.2, -0.15) is 0 Å². The molecule has 3 aromatic rings. The molecule has 2 bridgehead atoms. The lowest BCUT2D eigenvalue weighted by Gasteiger charge is -2.29. The van der Waals surface area contributed by atoms with Crippen LogP contribution in [0.15, 0.2) is 43.1 Å². The lowest BCUT2D eigenvalue weighted by Crippen LogP contribution is -2.48. The fraction of sp³-hybridized carbons (Fsp3) is 0.333. The number of amides is 2. The highest BCUT2D eigenvalue weighted by Crippen LogP contribution is 2.47. The second kappa shape index (κ2) is 7.24. The zero-order valence-corrected chi connectivity index (χ0v) is 16.7. The molecule has 1 saturated heterocycles. The van der Waals surface area contributed by atoms with E-state index in [9.17, 15) is 9.59 Å². The smallest absolute Gasteiger partial charge is 0.271 e. The summed E-state index contributed by atoms with van der Waals surface area (Å²) in [7, 11) is 0. The molecule has 10 heteroatoms. The van der Waals surface area contributed by atoms with Gasteiger partial charge in [-0.25, -0.2) is 15.0 Å². The number of carbonyl (C=O) groups is 2. The van der Waals surface area contributed by atoms with E-state index in [2.05, 4.69) is 30.6 Å². The van der Waals surface area contributed by atoms with Crippen molar-refractivity contribution in [3.05, 3.63) is 54.4 Å². The number of benzene rings is 1. The summed E-state index contributed by atoms with van der Waals surface area (Å²) in [5.74, 6) is -0.332. The SMILES string of the molecule is Nc1cncc(C(=O)NCC23CCC(NC(=O)c4ccc5ncncc5c4)(CO2)C3)n1. The Hall–Kier alpha value is -3.66. The lowest BCUT2D eigenvalue weighted by atomic mass is 9.97. The van der Waals surface area contributed by atoms with Crippen molar-refractivity contribution < 1.29 is 14.3 Å². The number of ether oxygens (including phenoxy) is 1. The normalized spacial score (nSPS) is 24.3. The van der Waals surface area contributed by atoms with Crippen molar-refractivity contribution in [2.45, 2.75) is 30.4 Å². The number of aromatic nitrogens is 4. The van der Waals surface area contributed by atoms with Gasteiger partial charge in [0.1, 0.15) is 17.8 Å². The summed E-state index contributed by atoms with van der Waals surface area (Å²) >= 11 is 0. The van der Waals surface area contributed by atoms with E-state index in [1.54, 1.807) is 18.3 Å². The molecule has 4 N–H and O–H groups in total. The largest absolute Gasteiger partial charge is 0.382 e. The molecule has 2 fully saturated rings. The van der Waals surface area contributed by atoms with Crippen LogP contribution in [-0.4, -0.2) is 56.0 Å². The Balaban J connectivity index is 1.24. The average Bonchev–Trinajstić information content (AvgIpc) is 3.33. The predicted molar refractivity (Wildman–Crippen MR) is 111 cm³/mol. The molecule has 2 aliphatic rings. The number of carbonyl (C=O) groups excluding carboxylic acids is 2. The summed E-state index contributed by atoms with van der Waals surface area (Å²) in [6, 6.07) is 5.35. The molecule has 2 atom stereocenters. The quantitative estimate of drug-likeness (QED) is 0.552. The maximum absolute atomic E-state index is 12.9. The van der Waals surface area contributed by atoms with Gasteiger partial charge in [-0.15, -0.1) is 0 Å². The topological polar surface area (TPSA) is 145 Å². The third-order valence-electron chi connectivity index (χ3n) is 5.98. The van der Waals surface area contributed by atoms with Gasteiger partial charge in [-0.05, 0) is 31.0 Å². The molecule has 1 aliphatic heterocycles. The first-order chi connectivity index (χ1) is 15.0. The van der Waals surface area contributed by atoms with Crippen molar-refractivity contribution in [3.8, 4) is 0 Å². The summed E-state index contributed by atoms with van der Waals surface area (Å²) in [4.78, 5) is 41.3. The van der Waals surface area contributed by atoms with E-state index in [1.807, 2.05) is 6.07 Å². The zero-order valence-electron chi connectivity index (χ0n) is 16.7. The minimum atomic E-state index is -0.506. The van der Waals surface area contributed by atoms with Crippen LogP contribution >= 0.6 is 0 Å². The van der Waals surface area contributed by atoms with Crippen LogP contribution in [0.3, 0.4) is 0 Å². The Kier molecular flexibility index (Phi) is 4.51. The van der Waals surface area contributed by atoms with E-state index in [0.717, 1.165) is 23.7 Å². The molecule has 158 valence electrons. The van der Waals surface area contributed by atoms with Crippen molar-refractivity contribution in [1.82, 2.24) is 30.6 Å². The van der Waals surface area contributed by atoms with Gasteiger partial charge in [0.15, 0.2) is 0 Å². The van der Waals surface area contributed by atoms with Crippen molar-refractivity contribution in [3.63, 3.8) is 0 Å². The number of nitrogens with two attached hydrogens (primary N) is 1. The van der Waals surface area contributed by atoms with Crippen molar-refractivity contribution in [2.24, 2.45) is 0 Å². The first-order valence-corrected chi connectivity index (χ1v) is 9.98. The van der Waals surface area contributed by atoms with E-state index >= 15 is 0 Å². The first kappa shape index (κ1) is 19.3. The van der Waals surface area contributed by atoms with E-state index in [0.29, 0.717) is 25.1 Å². The minimum Gasteiger partial charge on any atom is -0.382 e. The summed E-state index contributed by atoms with van der Waals surface area (Å²) in [5.41, 5.74) is 6.14. The van der Waals surface area contributed by atoms with E-state index in [4.69, 9.17) is 10.5 Å². The summed E-state index contributed by atoms with van der Waals surface area (Å²) in [5, 5.41) is 6.83. The maximum Gasteiger partial charge on any atom is 0.271 e. The number of hydrogen-bond donors (Lipinski definition) is 3. The van der Waals surface area contributed by atoms with Gasteiger partial charge in [0.25, 0.3) is 11.8 Å². The number of fused-ring (bicyclic) bond motifs is 3. The summed E-state index contributed by atoms with van der Waals surface area (Å²) < 4.78 is 6.05. The third kappa shape index (κ3) is 3.66. The maximum atomic E-state index is 12.9. The lowest BCUT2D eigenvalue weighted by molar-refractivity contribution is -0.0199. The number of rotatable bonds is 5. The molecule has 0 spiro atoms. The van der Waals surface area contributed by atoms with Gasteiger partial charge < -0.3 is 21.1 Å². The van der Waals surface area contributed by atoms with Gasteiger partial charge in [-0.1, -0.05) is 0 Å². The van der Waals surface area contributed by atoms with Crippen LogP contribution in [0, 0.1) is 0 Å².